The fraction of sp³-hybridized carbons (Fsp3) is 0.0909. The number of carbonyl (C=O) groups is 2. The quantitative estimate of drug-likeness (QED) is 0.613. The number of benzene rings is 2. The average molecular weight is 395 g/mol. The van der Waals surface area contributed by atoms with Gasteiger partial charge in [0.15, 0.2) is 0 Å². The first-order valence-electron chi connectivity index (χ1n) is 8.79. The van der Waals surface area contributed by atoms with E-state index in [-0.39, 0.29) is 17.4 Å². The van der Waals surface area contributed by atoms with Gasteiger partial charge in [-0.2, -0.15) is 0 Å². The molecule has 5 nitrogen and oxygen atoms in total. The van der Waals surface area contributed by atoms with Crippen molar-refractivity contribution in [2.45, 2.75) is 13.8 Å². The number of hydrogen-bond acceptors (Lipinski definition) is 2. The summed E-state index contributed by atoms with van der Waals surface area (Å²) < 4.78 is 28.9. The molecule has 0 aliphatic carbocycles. The molecule has 148 valence electrons. The Balaban J connectivity index is 1.88. The average Bonchev–Trinajstić information content (AvgIpc) is 2.99. The summed E-state index contributed by atoms with van der Waals surface area (Å²) in [6, 6.07) is 11.6. The molecule has 0 aliphatic rings. The van der Waals surface area contributed by atoms with Gasteiger partial charge in [0, 0.05) is 22.8 Å². The highest BCUT2D eigenvalue weighted by Gasteiger charge is 2.17. The first-order chi connectivity index (χ1) is 13.8. The van der Waals surface area contributed by atoms with Crippen molar-refractivity contribution in [1.82, 2.24) is 4.57 Å². The summed E-state index contributed by atoms with van der Waals surface area (Å²) in [5, 5.41) is 5.05. The van der Waals surface area contributed by atoms with E-state index in [4.69, 9.17) is 0 Å². The molecule has 0 fully saturated rings. The lowest BCUT2D eigenvalue weighted by molar-refractivity contribution is -0.111. The number of anilines is 2. The van der Waals surface area contributed by atoms with Crippen LogP contribution in [0.15, 0.2) is 61.2 Å². The zero-order valence-electron chi connectivity index (χ0n) is 15.9. The second-order valence-electron chi connectivity index (χ2n) is 6.44. The maximum Gasteiger partial charge on any atom is 0.257 e. The maximum absolute atomic E-state index is 13.9. The molecule has 7 heteroatoms. The molecule has 0 unspecified atom stereocenters. The molecule has 2 aromatic carbocycles. The molecule has 29 heavy (non-hydrogen) atoms. The molecule has 0 aliphatic heterocycles. The van der Waals surface area contributed by atoms with E-state index < -0.39 is 11.7 Å². The highest BCUT2D eigenvalue weighted by Crippen LogP contribution is 2.24. The standard InChI is InChI=1S/C22H19F2N3O2/c1-4-21(28)26-20-12-16(7-10-19(20)24)25-22(29)18-11-13(2)27(14(18)3)17-8-5-15(23)6-9-17/h4-12H,1H2,2-3H3,(H,25,29)(H,26,28). The monoisotopic (exact) mass is 395 g/mol. The third-order valence-electron chi connectivity index (χ3n) is 4.43. The van der Waals surface area contributed by atoms with Gasteiger partial charge in [-0.05, 0) is 68.5 Å². The van der Waals surface area contributed by atoms with Gasteiger partial charge in [-0.1, -0.05) is 6.58 Å². The third-order valence-corrected chi connectivity index (χ3v) is 4.43. The van der Waals surface area contributed by atoms with E-state index in [9.17, 15) is 18.4 Å². The smallest absolute Gasteiger partial charge is 0.257 e. The number of aromatic nitrogens is 1. The normalized spacial score (nSPS) is 10.5. The van der Waals surface area contributed by atoms with Gasteiger partial charge in [-0.25, -0.2) is 8.78 Å². The summed E-state index contributed by atoms with van der Waals surface area (Å²) in [4.78, 5) is 24.2. The Kier molecular flexibility index (Phi) is 5.59. The molecule has 0 saturated carbocycles. The number of amides is 2. The fourth-order valence-electron chi connectivity index (χ4n) is 3.06. The molecule has 0 saturated heterocycles. The van der Waals surface area contributed by atoms with Crippen LogP contribution in [0.2, 0.25) is 0 Å². The molecule has 3 aromatic rings. The van der Waals surface area contributed by atoms with Crippen molar-refractivity contribution in [3.63, 3.8) is 0 Å². The summed E-state index contributed by atoms with van der Waals surface area (Å²) in [6.07, 6.45) is 1.02. The van der Waals surface area contributed by atoms with Crippen molar-refractivity contribution < 1.29 is 18.4 Å². The molecular weight excluding hydrogens is 376 g/mol. The Morgan fingerprint density at radius 2 is 1.69 bits per heavy atom. The fourth-order valence-corrected chi connectivity index (χ4v) is 3.06. The van der Waals surface area contributed by atoms with Crippen LogP contribution in [0.1, 0.15) is 21.7 Å². The van der Waals surface area contributed by atoms with Crippen LogP contribution < -0.4 is 10.6 Å². The summed E-state index contributed by atoms with van der Waals surface area (Å²) in [5.41, 5.74) is 2.89. The maximum atomic E-state index is 13.9. The van der Waals surface area contributed by atoms with Crippen molar-refractivity contribution in [1.29, 1.82) is 0 Å². The van der Waals surface area contributed by atoms with E-state index in [2.05, 4.69) is 17.2 Å². The predicted molar refractivity (Wildman–Crippen MR) is 108 cm³/mol. The van der Waals surface area contributed by atoms with E-state index >= 15 is 0 Å². The molecule has 0 atom stereocenters. The number of nitrogens with one attached hydrogen (secondary N) is 2. The van der Waals surface area contributed by atoms with Gasteiger partial charge in [0.2, 0.25) is 5.91 Å². The predicted octanol–water partition coefficient (Wildman–Crippen LogP) is 4.75. The minimum absolute atomic E-state index is 0.0653. The number of aryl methyl sites for hydroxylation is 1. The topological polar surface area (TPSA) is 63.1 Å². The Labute approximate surface area is 166 Å². The molecule has 1 heterocycles. The van der Waals surface area contributed by atoms with Crippen molar-refractivity contribution in [2.24, 2.45) is 0 Å². The van der Waals surface area contributed by atoms with Crippen LogP contribution in [0.25, 0.3) is 5.69 Å². The number of nitrogens with zero attached hydrogens (tertiary/aromatic N) is 1. The van der Waals surface area contributed by atoms with Crippen LogP contribution in [0.4, 0.5) is 20.2 Å². The van der Waals surface area contributed by atoms with Crippen LogP contribution in [0.5, 0.6) is 0 Å². The van der Waals surface area contributed by atoms with Crippen molar-refractivity contribution in [3.05, 3.63) is 89.8 Å². The third kappa shape index (κ3) is 4.24. The zero-order valence-corrected chi connectivity index (χ0v) is 15.9. The Morgan fingerprint density at radius 3 is 2.34 bits per heavy atom. The Hall–Kier alpha value is -3.74. The SMILES string of the molecule is C=CC(=O)Nc1cc(NC(=O)c2cc(C)n(-c3ccc(F)cc3)c2C)ccc1F. The lowest BCUT2D eigenvalue weighted by atomic mass is 10.2. The lowest BCUT2D eigenvalue weighted by Gasteiger charge is -2.11. The zero-order chi connectivity index (χ0) is 21.1. The molecule has 0 bridgehead atoms. The van der Waals surface area contributed by atoms with Gasteiger partial charge in [-0.3, -0.25) is 9.59 Å². The minimum Gasteiger partial charge on any atom is -0.322 e. The first-order valence-corrected chi connectivity index (χ1v) is 8.79. The summed E-state index contributed by atoms with van der Waals surface area (Å²) in [7, 11) is 0. The van der Waals surface area contributed by atoms with Gasteiger partial charge >= 0.3 is 0 Å². The number of hydrogen-bond donors (Lipinski definition) is 2. The lowest BCUT2D eigenvalue weighted by Crippen LogP contribution is -2.14. The Bertz CT molecular complexity index is 1100. The van der Waals surface area contributed by atoms with Crippen LogP contribution in [0.3, 0.4) is 0 Å². The van der Waals surface area contributed by atoms with Gasteiger partial charge in [0.25, 0.3) is 5.91 Å². The van der Waals surface area contributed by atoms with Gasteiger partial charge in [0.05, 0.1) is 11.3 Å². The van der Waals surface area contributed by atoms with Crippen LogP contribution >= 0.6 is 0 Å². The van der Waals surface area contributed by atoms with E-state index in [1.807, 2.05) is 11.5 Å². The molecule has 0 radical (unpaired) electrons. The molecule has 1 aromatic heterocycles. The molecule has 2 amide bonds. The second-order valence-corrected chi connectivity index (χ2v) is 6.44. The highest BCUT2D eigenvalue weighted by molar-refractivity contribution is 6.06. The van der Waals surface area contributed by atoms with E-state index in [1.54, 1.807) is 25.1 Å². The van der Waals surface area contributed by atoms with Crippen molar-refractivity contribution in [2.75, 3.05) is 10.6 Å². The largest absolute Gasteiger partial charge is 0.322 e. The number of halogens is 2. The molecule has 0 spiro atoms. The van der Waals surface area contributed by atoms with Crippen molar-refractivity contribution in [3.8, 4) is 5.69 Å². The van der Waals surface area contributed by atoms with E-state index in [1.165, 1.54) is 24.3 Å². The minimum atomic E-state index is -0.632. The van der Waals surface area contributed by atoms with E-state index in [0.717, 1.165) is 23.5 Å². The highest BCUT2D eigenvalue weighted by atomic mass is 19.1. The van der Waals surface area contributed by atoms with Gasteiger partial charge in [-0.15, -0.1) is 0 Å². The second kappa shape index (κ2) is 8.10. The van der Waals surface area contributed by atoms with Gasteiger partial charge in [0.1, 0.15) is 11.6 Å². The summed E-state index contributed by atoms with van der Waals surface area (Å²) >= 11 is 0. The first kappa shape index (κ1) is 20.0. The van der Waals surface area contributed by atoms with Crippen LogP contribution in [-0.4, -0.2) is 16.4 Å². The van der Waals surface area contributed by atoms with Crippen LogP contribution in [0, 0.1) is 25.5 Å². The molecular formula is C22H19F2N3O2. The Morgan fingerprint density at radius 1 is 1.00 bits per heavy atom. The number of rotatable bonds is 5. The molecule has 2 N–H and O–H groups in total. The van der Waals surface area contributed by atoms with Crippen molar-refractivity contribution >= 4 is 23.2 Å². The van der Waals surface area contributed by atoms with E-state index in [0.29, 0.717) is 16.9 Å². The number of carbonyl (C=O) groups excluding carboxylic acids is 2. The summed E-state index contributed by atoms with van der Waals surface area (Å²) in [5.74, 6) is -1.92. The van der Waals surface area contributed by atoms with Crippen LogP contribution in [-0.2, 0) is 4.79 Å². The molecule has 3 rings (SSSR count). The van der Waals surface area contributed by atoms with Gasteiger partial charge < -0.3 is 15.2 Å². The summed E-state index contributed by atoms with van der Waals surface area (Å²) in [6.45, 7) is 6.94.